The summed E-state index contributed by atoms with van der Waals surface area (Å²) in [6.07, 6.45) is 7.63. The van der Waals surface area contributed by atoms with Gasteiger partial charge in [-0.2, -0.15) is 5.10 Å². The Morgan fingerprint density at radius 3 is 2.81 bits per heavy atom. The molecule has 0 aromatic carbocycles. The van der Waals surface area contributed by atoms with Gasteiger partial charge in [0.05, 0.1) is 25.1 Å². The molecule has 0 spiro atoms. The van der Waals surface area contributed by atoms with E-state index in [1.165, 1.54) is 35.4 Å². The lowest BCUT2D eigenvalue weighted by molar-refractivity contribution is 0.122. The second-order valence-corrected chi connectivity index (χ2v) is 7.87. The Kier molecular flexibility index (Phi) is 4.36. The fourth-order valence-corrected chi connectivity index (χ4v) is 4.88. The highest BCUT2D eigenvalue weighted by Crippen LogP contribution is 2.44. The summed E-state index contributed by atoms with van der Waals surface area (Å²) in [5.74, 6) is 0.880. The fourth-order valence-electron chi connectivity index (χ4n) is 4.88. The summed E-state index contributed by atoms with van der Waals surface area (Å²) in [7, 11) is 0. The van der Waals surface area contributed by atoms with Crippen LogP contribution in [0, 0.1) is 6.92 Å². The summed E-state index contributed by atoms with van der Waals surface area (Å²) in [4.78, 5) is 14.6. The van der Waals surface area contributed by atoms with E-state index in [0.29, 0.717) is 12.1 Å². The van der Waals surface area contributed by atoms with Crippen molar-refractivity contribution in [2.24, 2.45) is 0 Å². The first kappa shape index (κ1) is 17.1. The number of morpholine rings is 1. The van der Waals surface area contributed by atoms with E-state index in [4.69, 9.17) is 14.7 Å². The SMILES string of the molecule is CCn1ncc(CN2C3CCC2c2cnc(N4CCOCC4)nc2C3)c1C. The molecule has 2 unspecified atom stereocenters. The number of nitrogens with zero attached hydrogens (tertiary/aromatic N) is 6. The van der Waals surface area contributed by atoms with Crippen LogP contribution in [-0.4, -0.2) is 57.0 Å². The van der Waals surface area contributed by atoms with Crippen molar-refractivity contribution in [3.8, 4) is 0 Å². The lowest BCUT2D eigenvalue weighted by Gasteiger charge is -2.36. The highest BCUT2D eigenvalue weighted by Gasteiger charge is 2.41. The first-order chi connectivity index (χ1) is 13.2. The summed E-state index contributed by atoms with van der Waals surface area (Å²) < 4.78 is 7.55. The van der Waals surface area contributed by atoms with Gasteiger partial charge in [-0.15, -0.1) is 0 Å². The molecule has 5 heterocycles. The van der Waals surface area contributed by atoms with Gasteiger partial charge in [0, 0.05) is 67.7 Å². The van der Waals surface area contributed by atoms with Crippen LogP contribution in [0.2, 0.25) is 0 Å². The number of hydrogen-bond donors (Lipinski definition) is 0. The summed E-state index contributed by atoms with van der Waals surface area (Å²) in [5, 5.41) is 4.53. The Bertz CT molecular complexity index is 828. The molecule has 27 heavy (non-hydrogen) atoms. The molecule has 0 aliphatic carbocycles. The molecule has 0 amide bonds. The normalized spacial score (nSPS) is 25.0. The zero-order chi connectivity index (χ0) is 18.4. The quantitative estimate of drug-likeness (QED) is 0.824. The van der Waals surface area contributed by atoms with E-state index in [2.05, 4.69) is 39.6 Å². The van der Waals surface area contributed by atoms with E-state index >= 15 is 0 Å². The minimum atomic E-state index is 0.446. The molecule has 0 N–H and O–H groups in total. The molecule has 2 atom stereocenters. The van der Waals surface area contributed by atoms with Crippen molar-refractivity contribution in [3.63, 3.8) is 0 Å². The van der Waals surface area contributed by atoms with Gasteiger partial charge in [0.25, 0.3) is 0 Å². The summed E-state index contributed by atoms with van der Waals surface area (Å²) in [6, 6.07) is 1.03. The molecule has 0 saturated carbocycles. The van der Waals surface area contributed by atoms with Gasteiger partial charge in [-0.3, -0.25) is 9.58 Å². The topological polar surface area (TPSA) is 59.3 Å². The zero-order valence-corrected chi connectivity index (χ0v) is 16.3. The molecule has 3 aliphatic rings. The third-order valence-corrected chi connectivity index (χ3v) is 6.47. The largest absolute Gasteiger partial charge is 0.378 e. The Morgan fingerprint density at radius 2 is 2.04 bits per heavy atom. The predicted molar refractivity (Wildman–Crippen MR) is 103 cm³/mol. The van der Waals surface area contributed by atoms with Crippen LogP contribution >= 0.6 is 0 Å². The molecular formula is C20H28N6O. The summed E-state index contributed by atoms with van der Waals surface area (Å²) in [6.45, 7) is 9.55. The third-order valence-electron chi connectivity index (χ3n) is 6.47. The minimum Gasteiger partial charge on any atom is -0.378 e. The van der Waals surface area contributed by atoms with E-state index in [1.54, 1.807) is 0 Å². The summed E-state index contributed by atoms with van der Waals surface area (Å²) in [5.41, 5.74) is 5.24. The smallest absolute Gasteiger partial charge is 0.225 e. The van der Waals surface area contributed by atoms with E-state index in [0.717, 1.165) is 51.8 Å². The van der Waals surface area contributed by atoms with Crippen molar-refractivity contribution in [3.05, 3.63) is 34.9 Å². The molecule has 2 saturated heterocycles. The van der Waals surface area contributed by atoms with Crippen LogP contribution in [0.25, 0.3) is 0 Å². The van der Waals surface area contributed by atoms with Crippen molar-refractivity contribution in [2.75, 3.05) is 31.2 Å². The molecule has 3 aliphatic heterocycles. The predicted octanol–water partition coefficient (Wildman–Crippen LogP) is 2.10. The Hall–Kier alpha value is -1.99. The van der Waals surface area contributed by atoms with Gasteiger partial charge < -0.3 is 9.64 Å². The molecule has 144 valence electrons. The Morgan fingerprint density at radius 1 is 1.19 bits per heavy atom. The molecule has 0 radical (unpaired) electrons. The van der Waals surface area contributed by atoms with Crippen molar-refractivity contribution in [2.45, 2.75) is 58.3 Å². The van der Waals surface area contributed by atoms with E-state index in [9.17, 15) is 0 Å². The first-order valence-corrected chi connectivity index (χ1v) is 10.2. The number of aromatic nitrogens is 4. The van der Waals surface area contributed by atoms with Gasteiger partial charge >= 0.3 is 0 Å². The van der Waals surface area contributed by atoms with Crippen molar-refractivity contribution < 1.29 is 4.74 Å². The average Bonchev–Trinajstić information content (AvgIpc) is 3.20. The standard InChI is InChI=1S/C20H28N6O/c1-3-26-14(2)15(11-22-26)13-25-16-4-5-19(25)17-12-21-20(23-18(17)10-16)24-6-8-27-9-7-24/h11-12,16,19H,3-10,13H2,1-2H3. The van der Waals surface area contributed by atoms with Crippen LogP contribution < -0.4 is 4.90 Å². The minimum absolute atomic E-state index is 0.446. The molecule has 5 rings (SSSR count). The number of aryl methyl sites for hydroxylation is 1. The van der Waals surface area contributed by atoms with Crippen LogP contribution in [-0.2, 0) is 24.2 Å². The molecule has 2 aromatic heterocycles. The van der Waals surface area contributed by atoms with Crippen LogP contribution in [0.4, 0.5) is 5.95 Å². The maximum atomic E-state index is 5.46. The maximum Gasteiger partial charge on any atom is 0.225 e. The second-order valence-electron chi connectivity index (χ2n) is 7.87. The monoisotopic (exact) mass is 368 g/mol. The first-order valence-electron chi connectivity index (χ1n) is 10.2. The number of rotatable bonds is 4. The van der Waals surface area contributed by atoms with Crippen LogP contribution in [0.1, 0.15) is 48.3 Å². The van der Waals surface area contributed by atoms with Gasteiger partial charge in [0.2, 0.25) is 5.95 Å². The Balaban J connectivity index is 1.39. The van der Waals surface area contributed by atoms with Gasteiger partial charge in [-0.1, -0.05) is 0 Å². The van der Waals surface area contributed by atoms with E-state index in [1.807, 2.05) is 6.20 Å². The van der Waals surface area contributed by atoms with Crippen molar-refractivity contribution in [1.82, 2.24) is 24.6 Å². The number of ether oxygens (including phenoxy) is 1. The lowest BCUT2D eigenvalue weighted by atomic mass is 9.98. The van der Waals surface area contributed by atoms with Gasteiger partial charge in [-0.25, -0.2) is 9.97 Å². The van der Waals surface area contributed by atoms with Crippen LogP contribution in [0.5, 0.6) is 0 Å². The fraction of sp³-hybridized carbons (Fsp3) is 0.650. The average molecular weight is 368 g/mol. The molecule has 2 aromatic rings. The summed E-state index contributed by atoms with van der Waals surface area (Å²) >= 11 is 0. The van der Waals surface area contributed by atoms with Crippen LogP contribution in [0.3, 0.4) is 0 Å². The Labute approximate surface area is 160 Å². The molecule has 2 bridgehead atoms. The zero-order valence-electron chi connectivity index (χ0n) is 16.3. The molecular weight excluding hydrogens is 340 g/mol. The maximum absolute atomic E-state index is 5.46. The molecule has 2 fully saturated rings. The van der Waals surface area contributed by atoms with Crippen LogP contribution in [0.15, 0.2) is 12.4 Å². The molecule has 7 nitrogen and oxygen atoms in total. The van der Waals surface area contributed by atoms with E-state index in [-0.39, 0.29) is 0 Å². The van der Waals surface area contributed by atoms with Gasteiger partial charge in [0.15, 0.2) is 0 Å². The van der Waals surface area contributed by atoms with Crippen molar-refractivity contribution in [1.29, 1.82) is 0 Å². The molecule has 7 heteroatoms. The highest BCUT2D eigenvalue weighted by atomic mass is 16.5. The number of fused-ring (bicyclic) bond motifs is 4. The van der Waals surface area contributed by atoms with Gasteiger partial charge in [0.1, 0.15) is 0 Å². The number of anilines is 1. The highest BCUT2D eigenvalue weighted by molar-refractivity contribution is 5.37. The van der Waals surface area contributed by atoms with Gasteiger partial charge in [-0.05, 0) is 26.7 Å². The van der Waals surface area contributed by atoms with Crippen molar-refractivity contribution >= 4 is 5.95 Å². The third kappa shape index (κ3) is 2.93. The lowest BCUT2D eigenvalue weighted by Crippen LogP contribution is -2.40. The van der Waals surface area contributed by atoms with E-state index < -0.39 is 0 Å². The second kappa shape index (κ2) is 6.87. The number of hydrogen-bond acceptors (Lipinski definition) is 6.